The minimum Gasteiger partial charge on any atom is -0.398 e. The Balaban J connectivity index is 3.17. The molecule has 0 saturated heterocycles. The summed E-state index contributed by atoms with van der Waals surface area (Å²) in [6.07, 6.45) is 0.716. The van der Waals surface area contributed by atoms with Crippen LogP contribution in [0.3, 0.4) is 0 Å². The Morgan fingerprint density at radius 2 is 1.79 bits per heavy atom. The number of rotatable bonds is 4. The van der Waals surface area contributed by atoms with Crippen LogP contribution in [0.2, 0.25) is 0 Å². The Hall–Kier alpha value is -1.06. The van der Waals surface area contributed by atoms with E-state index in [4.69, 9.17) is 15.2 Å². The predicted octanol–water partition coefficient (Wildman–Crippen LogP) is 2.12. The first kappa shape index (κ1) is 11.0. The molecule has 0 unspecified atom stereocenters. The van der Waals surface area contributed by atoms with Gasteiger partial charge in [-0.2, -0.15) is 0 Å². The summed E-state index contributed by atoms with van der Waals surface area (Å²) < 4.78 is 10.8. The molecule has 0 spiro atoms. The van der Waals surface area contributed by atoms with Crippen LogP contribution >= 0.6 is 0 Å². The third kappa shape index (κ3) is 1.74. The molecule has 78 valence electrons. The maximum Gasteiger partial charge on any atom is 0.195 e. The lowest BCUT2D eigenvalue weighted by Crippen LogP contribution is -2.30. The van der Waals surface area contributed by atoms with Crippen molar-refractivity contribution in [2.24, 2.45) is 0 Å². The van der Waals surface area contributed by atoms with E-state index >= 15 is 0 Å². The Morgan fingerprint density at radius 3 is 2.21 bits per heavy atom. The summed E-state index contributed by atoms with van der Waals surface area (Å²) in [4.78, 5) is 0. The van der Waals surface area contributed by atoms with Crippen molar-refractivity contribution < 1.29 is 9.47 Å². The number of ether oxygens (including phenoxy) is 2. The highest BCUT2D eigenvalue weighted by molar-refractivity contribution is 5.48. The molecule has 1 aromatic rings. The Morgan fingerprint density at radius 1 is 1.21 bits per heavy atom. The summed E-state index contributed by atoms with van der Waals surface area (Å²) >= 11 is 0. The number of nitrogens with two attached hydrogens (primary N) is 1. The number of hydrogen-bond donors (Lipinski definition) is 1. The fourth-order valence-corrected chi connectivity index (χ4v) is 1.63. The van der Waals surface area contributed by atoms with Gasteiger partial charge in [-0.1, -0.05) is 25.1 Å². The molecule has 0 radical (unpaired) electrons. The summed E-state index contributed by atoms with van der Waals surface area (Å²) in [5.41, 5.74) is 7.45. The van der Waals surface area contributed by atoms with E-state index in [2.05, 4.69) is 0 Å². The summed E-state index contributed by atoms with van der Waals surface area (Å²) in [6.45, 7) is 2.00. The summed E-state index contributed by atoms with van der Waals surface area (Å²) in [6, 6.07) is 7.59. The van der Waals surface area contributed by atoms with Crippen LogP contribution in [0.5, 0.6) is 0 Å². The lowest BCUT2D eigenvalue weighted by Gasteiger charge is -2.31. The van der Waals surface area contributed by atoms with Crippen LogP contribution < -0.4 is 5.73 Å². The number of anilines is 1. The molecular formula is C11H17NO2. The van der Waals surface area contributed by atoms with E-state index in [1.54, 1.807) is 14.2 Å². The van der Waals surface area contributed by atoms with Crippen LogP contribution in [0.15, 0.2) is 24.3 Å². The van der Waals surface area contributed by atoms with Crippen LogP contribution in [0.1, 0.15) is 18.9 Å². The van der Waals surface area contributed by atoms with Gasteiger partial charge < -0.3 is 15.2 Å². The van der Waals surface area contributed by atoms with E-state index in [1.807, 2.05) is 31.2 Å². The van der Waals surface area contributed by atoms with E-state index in [-0.39, 0.29) is 0 Å². The molecule has 0 aliphatic carbocycles. The molecule has 3 nitrogen and oxygen atoms in total. The molecule has 0 amide bonds. The van der Waals surface area contributed by atoms with Gasteiger partial charge in [-0.3, -0.25) is 0 Å². The maximum atomic E-state index is 5.87. The van der Waals surface area contributed by atoms with E-state index in [0.717, 1.165) is 5.56 Å². The minimum atomic E-state index is -0.717. The number of para-hydroxylation sites is 1. The van der Waals surface area contributed by atoms with Gasteiger partial charge in [-0.05, 0) is 6.07 Å². The van der Waals surface area contributed by atoms with Crippen molar-refractivity contribution in [3.63, 3.8) is 0 Å². The topological polar surface area (TPSA) is 44.5 Å². The predicted molar refractivity (Wildman–Crippen MR) is 56.8 cm³/mol. The van der Waals surface area contributed by atoms with Gasteiger partial charge in [-0.25, -0.2) is 0 Å². The highest BCUT2D eigenvalue weighted by Crippen LogP contribution is 2.33. The van der Waals surface area contributed by atoms with Crippen LogP contribution in [-0.2, 0) is 15.3 Å². The number of nitrogen functional groups attached to an aromatic ring is 1. The molecule has 0 atom stereocenters. The van der Waals surface area contributed by atoms with E-state index < -0.39 is 5.79 Å². The normalized spacial score (nSPS) is 11.6. The highest BCUT2D eigenvalue weighted by atomic mass is 16.7. The van der Waals surface area contributed by atoms with Crippen molar-refractivity contribution in [3.05, 3.63) is 29.8 Å². The zero-order valence-corrected chi connectivity index (χ0v) is 8.91. The number of hydrogen-bond acceptors (Lipinski definition) is 3. The van der Waals surface area contributed by atoms with E-state index in [1.165, 1.54) is 0 Å². The molecule has 1 aromatic carbocycles. The minimum absolute atomic E-state index is 0.693. The Bertz CT molecular complexity index is 287. The second-order valence-corrected chi connectivity index (χ2v) is 3.10. The molecule has 0 bridgehead atoms. The first-order chi connectivity index (χ1) is 6.70. The zero-order valence-electron chi connectivity index (χ0n) is 8.91. The van der Waals surface area contributed by atoms with Crippen molar-refractivity contribution >= 4 is 5.69 Å². The molecule has 0 saturated carbocycles. The van der Waals surface area contributed by atoms with E-state index in [0.29, 0.717) is 12.1 Å². The molecule has 3 heteroatoms. The molecule has 0 heterocycles. The van der Waals surface area contributed by atoms with Crippen LogP contribution in [0, 0.1) is 0 Å². The Kier molecular flexibility index (Phi) is 3.49. The van der Waals surface area contributed by atoms with Crippen molar-refractivity contribution in [2.75, 3.05) is 20.0 Å². The van der Waals surface area contributed by atoms with Gasteiger partial charge in [0, 0.05) is 31.9 Å². The van der Waals surface area contributed by atoms with Gasteiger partial charge in [0.25, 0.3) is 0 Å². The average Bonchev–Trinajstić information content (AvgIpc) is 2.24. The van der Waals surface area contributed by atoms with Gasteiger partial charge >= 0.3 is 0 Å². The van der Waals surface area contributed by atoms with Crippen molar-refractivity contribution in [1.29, 1.82) is 0 Å². The largest absolute Gasteiger partial charge is 0.398 e. The molecule has 14 heavy (non-hydrogen) atoms. The van der Waals surface area contributed by atoms with Crippen molar-refractivity contribution in [2.45, 2.75) is 19.1 Å². The van der Waals surface area contributed by atoms with E-state index in [9.17, 15) is 0 Å². The van der Waals surface area contributed by atoms with Crippen molar-refractivity contribution in [1.82, 2.24) is 0 Å². The molecule has 0 aromatic heterocycles. The Labute approximate surface area is 84.8 Å². The third-order valence-electron chi connectivity index (χ3n) is 2.50. The molecule has 2 N–H and O–H groups in total. The molecule has 0 fully saturated rings. The quantitative estimate of drug-likeness (QED) is 0.591. The lowest BCUT2D eigenvalue weighted by molar-refractivity contribution is -0.217. The van der Waals surface area contributed by atoms with Crippen LogP contribution in [-0.4, -0.2) is 14.2 Å². The second kappa shape index (κ2) is 4.44. The zero-order chi connectivity index (χ0) is 10.6. The molecule has 1 rings (SSSR count). The lowest BCUT2D eigenvalue weighted by atomic mass is 10.0. The fraction of sp³-hybridized carbons (Fsp3) is 0.455. The fourth-order valence-electron chi connectivity index (χ4n) is 1.63. The summed E-state index contributed by atoms with van der Waals surface area (Å²) in [5.74, 6) is -0.717. The number of methoxy groups -OCH3 is 2. The molecular weight excluding hydrogens is 178 g/mol. The number of benzene rings is 1. The van der Waals surface area contributed by atoms with Gasteiger partial charge in [0.1, 0.15) is 0 Å². The first-order valence-electron chi connectivity index (χ1n) is 4.65. The van der Waals surface area contributed by atoms with Gasteiger partial charge in [0.2, 0.25) is 0 Å². The standard InChI is InChI=1S/C11H17NO2/c1-4-11(13-2,14-3)9-7-5-6-8-10(9)12/h5-8H,4,12H2,1-3H3. The summed E-state index contributed by atoms with van der Waals surface area (Å²) in [5, 5.41) is 0. The van der Waals surface area contributed by atoms with Crippen LogP contribution in [0.4, 0.5) is 5.69 Å². The maximum absolute atomic E-state index is 5.87. The molecule has 0 aliphatic rings. The monoisotopic (exact) mass is 195 g/mol. The molecule has 0 aliphatic heterocycles. The highest BCUT2D eigenvalue weighted by Gasteiger charge is 2.31. The smallest absolute Gasteiger partial charge is 0.195 e. The second-order valence-electron chi connectivity index (χ2n) is 3.10. The SMILES string of the molecule is CCC(OC)(OC)c1ccccc1N. The van der Waals surface area contributed by atoms with Crippen LogP contribution in [0.25, 0.3) is 0 Å². The average molecular weight is 195 g/mol. The van der Waals surface area contributed by atoms with Gasteiger partial charge in [0.15, 0.2) is 5.79 Å². The third-order valence-corrected chi connectivity index (χ3v) is 2.50. The van der Waals surface area contributed by atoms with Crippen molar-refractivity contribution in [3.8, 4) is 0 Å². The van der Waals surface area contributed by atoms with Gasteiger partial charge in [-0.15, -0.1) is 0 Å². The van der Waals surface area contributed by atoms with Gasteiger partial charge in [0.05, 0.1) is 0 Å². The summed E-state index contributed by atoms with van der Waals surface area (Å²) in [7, 11) is 3.25. The first-order valence-corrected chi connectivity index (χ1v) is 4.65.